The monoisotopic (exact) mass is 566 g/mol. The van der Waals surface area contributed by atoms with Crippen LogP contribution in [0.1, 0.15) is 44.2 Å². The SMILES string of the molecule is CN(CCc1ccccc1NS(C)(=O)=O)C(=O)[C@@H](Cc1ccc2ccccc2c1)N(C)C(=O)CCCC(C)(C)N. The summed E-state index contributed by atoms with van der Waals surface area (Å²) in [6, 6.07) is 20.6. The molecule has 0 aromatic heterocycles. The number of nitrogens with one attached hydrogen (secondary N) is 1. The molecule has 3 aromatic carbocycles. The molecule has 1 atom stereocenters. The van der Waals surface area contributed by atoms with Gasteiger partial charge >= 0.3 is 0 Å². The molecule has 0 aliphatic heterocycles. The number of benzene rings is 3. The number of anilines is 1. The molecule has 40 heavy (non-hydrogen) atoms. The maximum absolute atomic E-state index is 13.8. The molecule has 3 rings (SSSR count). The van der Waals surface area contributed by atoms with Gasteiger partial charge in [-0.05, 0) is 61.1 Å². The summed E-state index contributed by atoms with van der Waals surface area (Å²) in [6.45, 7) is 4.23. The fourth-order valence-corrected chi connectivity index (χ4v) is 5.31. The molecule has 0 radical (unpaired) electrons. The van der Waals surface area contributed by atoms with Crippen molar-refractivity contribution in [1.82, 2.24) is 9.80 Å². The lowest BCUT2D eigenvalue weighted by Crippen LogP contribution is -2.50. The molecule has 8 nitrogen and oxygen atoms in total. The van der Waals surface area contributed by atoms with Gasteiger partial charge in [-0.25, -0.2) is 8.42 Å². The Kier molecular flexibility index (Phi) is 10.3. The highest BCUT2D eigenvalue weighted by Crippen LogP contribution is 2.21. The van der Waals surface area contributed by atoms with Crippen molar-refractivity contribution in [2.75, 3.05) is 31.6 Å². The number of sulfonamides is 1. The van der Waals surface area contributed by atoms with Gasteiger partial charge in [0.1, 0.15) is 6.04 Å². The largest absolute Gasteiger partial charge is 0.344 e. The number of likely N-dealkylation sites (N-methyl/N-ethyl adjacent to an activating group) is 2. The lowest BCUT2D eigenvalue weighted by molar-refractivity contribution is -0.143. The highest BCUT2D eigenvalue weighted by molar-refractivity contribution is 7.92. The van der Waals surface area contributed by atoms with E-state index in [2.05, 4.69) is 10.8 Å². The first-order valence-corrected chi connectivity index (χ1v) is 15.5. The van der Waals surface area contributed by atoms with Crippen LogP contribution in [0, 0.1) is 0 Å². The minimum Gasteiger partial charge on any atom is -0.344 e. The summed E-state index contributed by atoms with van der Waals surface area (Å²) < 4.78 is 26.1. The van der Waals surface area contributed by atoms with Crippen LogP contribution in [0.2, 0.25) is 0 Å². The number of amides is 2. The maximum Gasteiger partial charge on any atom is 0.245 e. The van der Waals surface area contributed by atoms with Crippen molar-refractivity contribution in [3.63, 3.8) is 0 Å². The van der Waals surface area contributed by atoms with Crippen LogP contribution in [0.4, 0.5) is 5.69 Å². The highest BCUT2D eigenvalue weighted by atomic mass is 32.2. The topological polar surface area (TPSA) is 113 Å². The first kappa shape index (κ1) is 31.1. The normalized spacial score (nSPS) is 12.7. The standard InChI is InChI=1S/C31H42N4O4S/c1-31(2,32)19-10-15-29(36)35(4)28(22-23-16-17-24-11-6-7-13-26(24)21-23)30(37)34(3)20-18-25-12-8-9-14-27(25)33-40(5,38)39/h6-9,11-14,16-17,21,28,33H,10,15,18-20,22,32H2,1-5H3/t28-/m1/s1. The Morgan fingerprint density at radius 2 is 1.62 bits per heavy atom. The summed E-state index contributed by atoms with van der Waals surface area (Å²) in [4.78, 5) is 30.2. The molecule has 0 bridgehead atoms. The van der Waals surface area contributed by atoms with Crippen LogP contribution in [0.25, 0.3) is 10.8 Å². The van der Waals surface area contributed by atoms with Crippen molar-refractivity contribution < 1.29 is 18.0 Å². The van der Waals surface area contributed by atoms with Crippen molar-refractivity contribution in [1.29, 1.82) is 0 Å². The number of carbonyl (C=O) groups excluding carboxylic acids is 2. The molecule has 2 amide bonds. The van der Waals surface area contributed by atoms with Gasteiger partial charge in [-0.15, -0.1) is 0 Å². The van der Waals surface area contributed by atoms with E-state index in [9.17, 15) is 18.0 Å². The zero-order valence-electron chi connectivity index (χ0n) is 24.2. The van der Waals surface area contributed by atoms with E-state index in [0.29, 0.717) is 44.3 Å². The molecule has 216 valence electrons. The van der Waals surface area contributed by atoms with Crippen LogP contribution >= 0.6 is 0 Å². The third-order valence-corrected chi connectivity index (χ3v) is 7.60. The molecule has 0 aliphatic rings. The quantitative estimate of drug-likeness (QED) is 0.322. The second-order valence-corrected chi connectivity index (χ2v) is 13.0. The first-order chi connectivity index (χ1) is 18.7. The van der Waals surface area contributed by atoms with Crippen molar-refractivity contribution in [2.24, 2.45) is 5.73 Å². The Labute approximate surface area is 238 Å². The first-order valence-electron chi connectivity index (χ1n) is 13.6. The van der Waals surface area contributed by atoms with Gasteiger partial charge in [0.25, 0.3) is 0 Å². The Bertz CT molecular complexity index is 1430. The lowest BCUT2D eigenvalue weighted by Gasteiger charge is -2.31. The summed E-state index contributed by atoms with van der Waals surface area (Å²) in [5.41, 5.74) is 7.98. The fraction of sp³-hybridized carbons (Fsp3) is 0.419. The van der Waals surface area contributed by atoms with Crippen LogP contribution in [-0.2, 0) is 32.5 Å². The Morgan fingerprint density at radius 1 is 0.975 bits per heavy atom. The van der Waals surface area contributed by atoms with Gasteiger partial charge in [-0.1, -0.05) is 60.7 Å². The molecule has 0 saturated heterocycles. The molecule has 0 saturated carbocycles. The average Bonchev–Trinajstić information content (AvgIpc) is 2.88. The second-order valence-electron chi connectivity index (χ2n) is 11.3. The van der Waals surface area contributed by atoms with E-state index in [0.717, 1.165) is 28.2 Å². The number of hydrogen-bond donors (Lipinski definition) is 2. The molecular weight excluding hydrogens is 524 g/mol. The predicted octanol–water partition coefficient (Wildman–Crippen LogP) is 4.19. The smallest absolute Gasteiger partial charge is 0.245 e. The molecular formula is C31H42N4O4S. The van der Waals surface area contributed by atoms with E-state index in [1.807, 2.05) is 62.4 Å². The fourth-order valence-electron chi connectivity index (χ4n) is 4.71. The van der Waals surface area contributed by atoms with E-state index < -0.39 is 16.1 Å². The number of nitrogens with two attached hydrogens (primary N) is 1. The second kappa shape index (κ2) is 13.3. The molecule has 0 heterocycles. The summed E-state index contributed by atoms with van der Waals surface area (Å²) >= 11 is 0. The summed E-state index contributed by atoms with van der Waals surface area (Å²) in [5, 5.41) is 2.19. The predicted molar refractivity (Wildman–Crippen MR) is 163 cm³/mol. The van der Waals surface area contributed by atoms with E-state index in [4.69, 9.17) is 5.73 Å². The van der Waals surface area contributed by atoms with Crippen molar-refractivity contribution in [3.8, 4) is 0 Å². The van der Waals surface area contributed by atoms with Gasteiger partial charge in [0.2, 0.25) is 21.8 Å². The van der Waals surface area contributed by atoms with E-state index in [1.54, 1.807) is 36.0 Å². The van der Waals surface area contributed by atoms with E-state index in [1.165, 1.54) is 0 Å². The Hall–Kier alpha value is -3.43. The summed E-state index contributed by atoms with van der Waals surface area (Å²) in [5.74, 6) is -0.267. The van der Waals surface area contributed by atoms with Crippen LogP contribution in [0.15, 0.2) is 66.7 Å². The number of fused-ring (bicyclic) bond motifs is 1. The molecule has 0 aliphatic carbocycles. The zero-order valence-corrected chi connectivity index (χ0v) is 25.0. The Morgan fingerprint density at radius 3 is 2.30 bits per heavy atom. The van der Waals surface area contributed by atoms with E-state index >= 15 is 0 Å². The molecule has 3 aromatic rings. The molecule has 3 N–H and O–H groups in total. The van der Waals surface area contributed by atoms with E-state index in [-0.39, 0.29) is 17.4 Å². The molecule has 0 spiro atoms. The number of rotatable bonds is 13. The van der Waals surface area contributed by atoms with Gasteiger partial charge in [0.05, 0.1) is 11.9 Å². The van der Waals surface area contributed by atoms with Crippen LogP contribution in [-0.4, -0.2) is 68.5 Å². The highest BCUT2D eigenvalue weighted by Gasteiger charge is 2.30. The minimum absolute atomic E-state index is 0.0977. The van der Waals surface area contributed by atoms with Crippen LogP contribution in [0.3, 0.4) is 0 Å². The zero-order chi connectivity index (χ0) is 29.5. The maximum atomic E-state index is 13.8. The van der Waals surface area contributed by atoms with Gasteiger partial charge in [0, 0.05) is 39.0 Å². The van der Waals surface area contributed by atoms with Crippen molar-refractivity contribution in [3.05, 3.63) is 77.9 Å². The number of para-hydroxylation sites is 1. The van der Waals surface area contributed by atoms with Crippen LogP contribution < -0.4 is 10.5 Å². The third-order valence-electron chi connectivity index (χ3n) is 7.01. The Balaban J connectivity index is 1.79. The van der Waals surface area contributed by atoms with Crippen molar-refractivity contribution in [2.45, 2.75) is 57.5 Å². The van der Waals surface area contributed by atoms with Gasteiger partial charge in [0.15, 0.2) is 0 Å². The summed E-state index contributed by atoms with van der Waals surface area (Å²) in [7, 11) is -0.0257. The summed E-state index contributed by atoms with van der Waals surface area (Å²) in [6.07, 6.45) is 3.60. The number of carbonyl (C=O) groups is 2. The van der Waals surface area contributed by atoms with Gasteiger partial charge < -0.3 is 15.5 Å². The number of nitrogens with zero attached hydrogens (tertiary/aromatic N) is 2. The molecule has 0 fully saturated rings. The molecule has 0 unspecified atom stereocenters. The third kappa shape index (κ3) is 9.34. The van der Waals surface area contributed by atoms with Gasteiger partial charge in [-0.3, -0.25) is 14.3 Å². The minimum atomic E-state index is -3.44. The van der Waals surface area contributed by atoms with Gasteiger partial charge in [-0.2, -0.15) is 0 Å². The number of hydrogen-bond acceptors (Lipinski definition) is 5. The van der Waals surface area contributed by atoms with Crippen molar-refractivity contribution >= 4 is 38.3 Å². The van der Waals surface area contributed by atoms with Crippen LogP contribution in [0.5, 0.6) is 0 Å². The average molecular weight is 567 g/mol. The lowest BCUT2D eigenvalue weighted by atomic mass is 9.97. The molecule has 9 heteroatoms.